The van der Waals surface area contributed by atoms with Crippen LogP contribution >= 0.6 is 11.6 Å². The number of para-hydroxylation sites is 1. The fourth-order valence-corrected chi connectivity index (χ4v) is 1.63. The monoisotopic (exact) mass is 268 g/mol. The standard InChI is InChI=1S/C13H17ClN2O2/c1-13(2,3)9-6-4-5-7-10(9)15-12(18)16-11(17)8-14/h4-7H,8H2,1-3H3,(H2,15,16,17,18). The molecule has 0 aliphatic carbocycles. The Kier molecular flexibility index (Phi) is 4.73. The second-order valence-corrected chi connectivity index (χ2v) is 5.20. The molecule has 0 unspecified atom stereocenters. The largest absolute Gasteiger partial charge is 0.325 e. The number of hydrogen-bond donors (Lipinski definition) is 2. The summed E-state index contributed by atoms with van der Waals surface area (Å²) in [6.45, 7) is 6.15. The Labute approximate surface area is 112 Å². The second-order valence-electron chi connectivity index (χ2n) is 4.93. The summed E-state index contributed by atoms with van der Waals surface area (Å²) in [5.41, 5.74) is 1.59. The second kappa shape index (κ2) is 5.87. The van der Waals surface area contributed by atoms with Gasteiger partial charge in [-0.05, 0) is 17.0 Å². The van der Waals surface area contributed by atoms with Gasteiger partial charge < -0.3 is 5.32 Å². The van der Waals surface area contributed by atoms with E-state index in [1.54, 1.807) is 6.07 Å². The van der Waals surface area contributed by atoms with Crippen LogP contribution in [-0.4, -0.2) is 17.8 Å². The molecular formula is C13H17ClN2O2. The number of urea groups is 1. The molecule has 1 aromatic rings. The lowest BCUT2D eigenvalue weighted by molar-refractivity contribution is -0.117. The lowest BCUT2D eigenvalue weighted by atomic mass is 9.86. The van der Waals surface area contributed by atoms with Gasteiger partial charge in [0.05, 0.1) is 0 Å². The predicted molar refractivity (Wildman–Crippen MR) is 73.0 cm³/mol. The molecule has 0 aromatic heterocycles. The highest BCUT2D eigenvalue weighted by atomic mass is 35.5. The first kappa shape index (κ1) is 14.5. The summed E-state index contributed by atoms with van der Waals surface area (Å²) in [5, 5.41) is 4.79. The summed E-state index contributed by atoms with van der Waals surface area (Å²) in [6, 6.07) is 6.91. The zero-order valence-corrected chi connectivity index (χ0v) is 11.5. The Morgan fingerprint density at radius 3 is 2.39 bits per heavy atom. The molecule has 0 aliphatic rings. The van der Waals surface area contributed by atoms with Crippen LogP contribution in [0, 0.1) is 0 Å². The first-order chi connectivity index (χ1) is 8.34. The number of rotatable bonds is 2. The normalized spacial score (nSPS) is 10.9. The molecule has 0 atom stereocenters. The number of carbonyl (C=O) groups excluding carboxylic acids is 2. The van der Waals surface area contributed by atoms with Crippen LogP contribution in [0.5, 0.6) is 0 Å². The fraction of sp³-hybridized carbons (Fsp3) is 0.385. The maximum Gasteiger partial charge on any atom is 0.325 e. The topological polar surface area (TPSA) is 58.2 Å². The molecule has 1 aromatic carbocycles. The molecule has 0 heterocycles. The number of halogens is 1. The number of imide groups is 1. The summed E-state index contributed by atoms with van der Waals surface area (Å²) >= 11 is 5.31. The van der Waals surface area contributed by atoms with Gasteiger partial charge >= 0.3 is 6.03 Å². The lowest BCUT2D eigenvalue weighted by Crippen LogP contribution is -2.35. The summed E-state index contributed by atoms with van der Waals surface area (Å²) in [7, 11) is 0. The predicted octanol–water partition coefficient (Wildman–Crippen LogP) is 2.87. The fourth-order valence-electron chi connectivity index (χ4n) is 1.56. The summed E-state index contributed by atoms with van der Waals surface area (Å²) < 4.78 is 0. The molecule has 0 bridgehead atoms. The van der Waals surface area contributed by atoms with Crippen LogP contribution in [0.3, 0.4) is 0 Å². The number of alkyl halides is 1. The molecule has 0 saturated carbocycles. The Balaban J connectivity index is 2.85. The van der Waals surface area contributed by atoms with Crippen molar-refractivity contribution >= 4 is 29.2 Å². The molecule has 5 heteroatoms. The van der Waals surface area contributed by atoms with Crippen molar-refractivity contribution in [2.24, 2.45) is 0 Å². The minimum atomic E-state index is -0.572. The number of benzene rings is 1. The molecular weight excluding hydrogens is 252 g/mol. The zero-order chi connectivity index (χ0) is 13.8. The molecule has 0 spiro atoms. The van der Waals surface area contributed by atoms with Crippen LogP contribution in [0.25, 0.3) is 0 Å². The van der Waals surface area contributed by atoms with Crippen molar-refractivity contribution in [1.82, 2.24) is 5.32 Å². The van der Waals surface area contributed by atoms with E-state index in [1.807, 2.05) is 18.2 Å². The summed E-state index contributed by atoms with van der Waals surface area (Å²) in [5.74, 6) is -0.767. The average Bonchev–Trinajstić information content (AvgIpc) is 2.27. The van der Waals surface area contributed by atoms with Gasteiger partial charge in [0, 0.05) is 5.69 Å². The quantitative estimate of drug-likeness (QED) is 0.811. The Hall–Kier alpha value is -1.55. The molecule has 0 fully saturated rings. The summed E-state index contributed by atoms with van der Waals surface area (Å²) in [6.07, 6.45) is 0. The third-order valence-corrected chi connectivity index (χ3v) is 2.60. The number of hydrogen-bond acceptors (Lipinski definition) is 2. The molecule has 18 heavy (non-hydrogen) atoms. The van der Waals surface area contributed by atoms with E-state index in [9.17, 15) is 9.59 Å². The first-order valence-electron chi connectivity index (χ1n) is 5.61. The Bertz CT molecular complexity index is 453. The smallest absolute Gasteiger partial charge is 0.307 e. The molecule has 98 valence electrons. The molecule has 2 N–H and O–H groups in total. The van der Waals surface area contributed by atoms with E-state index in [4.69, 9.17) is 11.6 Å². The van der Waals surface area contributed by atoms with Gasteiger partial charge in [0.15, 0.2) is 0 Å². The van der Waals surface area contributed by atoms with Crippen molar-refractivity contribution in [3.8, 4) is 0 Å². The SMILES string of the molecule is CC(C)(C)c1ccccc1NC(=O)NC(=O)CCl. The van der Waals surface area contributed by atoms with E-state index in [0.29, 0.717) is 5.69 Å². The lowest BCUT2D eigenvalue weighted by Gasteiger charge is -2.22. The van der Waals surface area contributed by atoms with E-state index in [1.165, 1.54) is 0 Å². The number of amides is 3. The highest BCUT2D eigenvalue weighted by Crippen LogP contribution is 2.28. The zero-order valence-electron chi connectivity index (χ0n) is 10.7. The van der Waals surface area contributed by atoms with Gasteiger partial charge in [-0.3, -0.25) is 10.1 Å². The van der Waals surface area contributed by atoms with Crippen LogP contribution in [0.15, 0.2) is 24.3 Å². The maximum absolute atomic E-state index is 11.6. The highest BCUT2D eigenvalue weighted by molar-refractivity contribution is 6.28. The van der Waals surface area contributed by atoms with E-state index in [-0.39, 0.29) is 11.3 Å². The van der Waals surface area contributed by atoms with Crippen molar-refractivity contribution in [2.45, 2.75) is 26.2 Å². The van der Waals surface area contributed by atoms with Crippen molar-refractivity contribution in [3.05, 3.63) is 29.8 Å². The molecule has 3 amide bonds. The molecule has 1 rings (SSSR count). The Morgan fingerprint density at radius 2 is 1.83 bits per heavy atom. The molecule has 0 saturated heterocycles. The number of carbonyl (C=O) groups is 2. The molecule has 4 nitrogen and oxygen atoms in total. The van der Waals surface area contributed by atoms with Crippen LogP contribution in [0.4, 0.5) is 10.5 Å². The van der Waals surface area contributed by atoms with Crippen molar-refractivity contribution in [3.63, 3.8) is 0 Å². The molecule has 0 aliphatic heterocycles. The third kappa shape index (κ3) is 4.04. The third-order valence-electron chi connectivity index (χ3n) is 2.36. The maximum atomic E-state index is 11.6. The van der Waals surface area contributed by atoms with E-state index in [2.05, 4.69) is 31.4 Å². The van der Waals surface area contributed by atoms with Gasteiger partial charge in [-0.1, -0.05) is 39.0 Å². The van der Waals surface area contributed by atoms with Crippen molar-refractivity contribution in [2.75, 3.05) is 11.2 Å². The van der Waals surface area contributed by atoms with Crippen molar-refractivity contribution in [1.29, 1.82) is 0 Å². The van der Waals surface area contributed by atoms with E-state index < -0.39 is 11.9 Å². The molecule has 0 radical (unpaired) electrons. The van der Waals surface area contributed by atoms with Crippen LogP contribution in [-0.2, 0) is 10.2 Å². The highest BCUT2D eigenvalue weighted by Gasteiger charge is 2.18. The van der Waals surface area contributed by atoms with Gasteiger partial charge in [0.25, 0.3) is 0 Å². The van der Waals surface area contributed by atoms with Gasteiger partial charge in [-0.15, -0.1) is 11.6 Å². The minimum Gasteiger partial charge on any atom is -0.307 e. The van der Waals surface area contributed by atoms with Gasteiger partial charge in [0.1, 0.15) is 5.88 Å². The Morgan fingerprint density at radius 1 is 1.22 bits per heavy atom. The van der Waals surface area contributed by atoms with Crippen LogP contribution in [0.1, 0.15) is 26.3 Å². The van der Waals surface area contributed by atoms with Crippen LogP contribution < -0.4 is 10.6 Å². The minimum absolute atomic E-state index is 0.0969. The average molecular weight is 269 g/mol. The van der Waals surface area contributed by atoms with Crippen molar-refractivity contribution < 1.29 is 9.59 Å². The van der Waals surface area contributed by atoms with Crippen LogP contribution in [0.2, 0.25) is 0 Å². The van der Waals surface area contributed by atoms with Gasteiger partial charge in [-0.25, -0.2) is 4.79 Å². The van der Waals surface area contributed by atoms with E-state index >= 15 is 0 Å². The number of nitrogens with one attached hydrogen (secondary N) is 2. The van der Waals surface area contributed by atoms with E-state index in [0.717, 1.165) is 5.56 Å². The number of anilines is 1. The first-order valence-corrected chi connectivity index (χ1v) is 6.14. The summed E-state index contributed by atoms with van der Waals surface area (Å²) in [4.78, 5) is 22.5. The van der Waals surface area contributed by atoms with Gasteiger partial charge in [0.2, 0.25) is 5.91 Å². The van der Waals surface area contributed by atoms with Gasteiger partial charge in [-0.2, -0.15) is 0 Å².